The van der Waals surface area contributed by atoms with Gasteiger partial charge >= 0.3 is 0 Å². The number of hydrogen-bond donors (Lipinski definition) is 0. The molecule has 0 amide bonds. The number of ether oxygens (including phenoxy) is 1. The van der Waals surface area contributed by atoms with Gasteiger partial charge in [0.1, 0.15) is 0 Å². The summed E-state index contributed by atoms with van der Waals surface area (Å²) in [5, 5.41) is 0. The molecule has 0 spiro atoms. The molecule has 2 nitrogen and oxygen atoms in total. The van der Waals surface area contributed by atoms with Crippen LogP contribution in [-0.4, -0.2) is 0 Å². The Kier molecular flexibility index (Phi) is 6.36. The van der Waals surface area contributed by atoms with Crippen molar-refractivity contribution in [3.8, 4) is 11.5 Å². The van der Waals surface area contributed by atoms with Gasteiger partial charge in [0.05, 0.1) is 11.4 Å². The normalized spacial score (nSPS) is 14.3. The minimum Gasteiger partial charge on any atom is -0.453 e. The molecule has 0 saturated carbocycles. The number of fused-ring (bicyclic) bond motifs is 2. The number of nitrogens with zero attached hydrogens (tertiary/aromatic N) is 1. The van der Waals surface area contributed by atoms with E-state index in [1.807, 2.05) is 0 Å². The van der Waals surface area contributed by atoms with Crippen LogP contribution in [-0.2, 0) is 10.8 Å². The molecule has 2 aromatic carbocycles. The molecule has 0 bridgehead atoms. The molecule has 0 radical (unpaired) electrons. The Labute approximate surface area is 184 Å². The zero-order valence-electron chi connectivity index (χ0n) is 20.2. The third-order valence-corrected chi connectivity index (χ3v) is 7.91. The maximum atomic E-state index is 6.58. The summed E-state index contributed by atoms with van der Waals surface area (Å²) >= 11 is 0. The lowest BCUT2D eigenvalue weighted by Gasteiger charge is -2.36. The monoisotopic (exact) mass is 405 g/mol. The highest BCUT2D eigenvalue weighted by Crippen LogP contribution is 2.51. The predicted molar refractivity (Wildman–Crippen MR) is 130 cm³/mol. The lowest BCUT2D eigenvalue weighted by molar-refractivity contribution is 0.425. The molecular formula is C28H39NO. The minimum absolute atomic E-state index is 0.171. The van der Waals surface area contributed by atoms with E-state index in [0.29, 0.717) is 0 Å². The summed E-state index contributed by atoms with van der Waals surface area (Å²) in [5.74, 6) is 1.92. The molecule has 1 heterocycles. The van der Waals surface area contributed by atoms with E-state index in [-0.39, 0.29) is 10.8 Å². The smallest absolute Gasteiger partial charge is 0.151 e. The molecule has 0 saturated heterocycles. The summed E-state index contributed by atoms with van der Waals surface area (Å²) in [6.45, 7) is 18.1. The van der Waals surface area contributed by atoms with Gasteiger partial charge in [-0.05, 0) is 85.8 Å². The molecule has 1 aliphatic rings. The standard InChI is InChI=1S/C28H39NO/c1-9-20(6)29-23-16-14-21(27(7,10-2)11-3)18-25(23)30-26-19-22(15-17-24(26)29)28(8,12-4)13-5/h9,14-19H,10-13H2,1-8H3/b20-9+. The van der Waals surface area contributed by atoms with Crippen molar-refractivity contribution in [2.24, 2.45) is 0 Å². The second-order valence-electron chi connectivity index (χ2n) is 9.27. The highest BCUT2D eigenvalue weighted by atomic mass is 16.5. The average molecular weight is 406 g/mol. The van der Waals surface area contributed by atoms with Crippen molar-refractivity contribution in [3.05, 3.63) is 59.3 Å². The van der Waals surface area contributed by atoms with Gasteiger partial charge in [0.25, 0.3) is 0 Å². The molecule has 2 heteroatoms. The van der Waals surface area contributed by atoms with Crippen molar-refractivity contribution >= 4 is 11.4 Å². The Hall–Kier alpha value is -2.22. The third-order valence-electron chi connectivity index (χ3n) is 7.91. The zero-order valence-corrected chi connectivity index (χ0v) is 20.2. The largest absolute Gasteiger partial charge is 0.453 e. The lowest BCUT2D eigenvalue weighted by Crippen LogP contribution is -2.23. The minimum atomic E-state index is 0.171. The van der Waals surface area contributed by atoms with Crippen LogP contribution >= 0.6 is 0 Å². The van der Waals surface area contributed by atoms with Gasteiger partial charge in [-0.3, -0.25) is 0 Å². The van der Waals surface area contributed by atoms with Gasteiger partial charge in [-0.25, -0.2) is 0 Å². The van der Waals surface area contributed by atoms with Crippen LogP contribution in [0.2, 0.25) is 0 Å². The molecule has 30 heavy (non-hydrogen) atoms. The summed E-state index contributed by atoms with van der Waals surface area (Å²) < 4.78 is 6.58. The van der Waals surface area contributed by atoms with Gasteiger partial charge < -0.3 is 9.64 Å². The first-order valence-corrected chi connectivity index (χ1v) is 11.7. The van der Waals surface area contributed by atoms with E-state index in [0.717, 1.165) is 48.6 Å². The van der Waals surface area contributed by atoms with Crippen molar-refractivity contribution in [1.82, 2.24) is 0 Å². The van der Waals surface area contributed by atoms with Crippen LogP contribution < -0.4 is 9.64 Å². The Morgan fingerprint density at radius 1 is 0.800 bits per heavy atom. The van der Waals surface area contributed by atoms with Crippen LogP contribution in [0.15, 0.2) is 48.2 Å². The van der Waals surface area contributed by atoms with Crippen LogP contribution in [0.25, 0.3) is 0 Å². The van der Waals surface area contributed by atoms with E-state index >= 15 is 0 Å². The fourth-order valence-corrected chi connectivity index (χ4v) is 4.39. The van der Waals surface area contributed by atoms with Gasteiger partial charge in [0.15, 0.2) is 11.5 Å². The molecule has 0 N–H and O–H groups in total. The first kappa shape index (κ1) is 22.5. The number of benzene rings is 2. The third kappa shape index (κ3) is 3.66. The highest BCUT2D eigenvalue weighted by molar-refractivity contribution is 5.81. The van der Waals surface area contributed by atoms with E-state index in [1.165, 1.54) is 16.8 Å². The molecule has 162 valence electrons. The van der Waals surface area contributed by atoms with Crippen LogP contribution in [0.4, 0.5) is 11.4 Å². The van der Waals surface area contributed by atoms with Gasteiger partial charge in [0.2, 0.25) is 0 Å². The molecule has 3 rings (SSSR count). The molecule has 0 atom stereocenters. The summed E-state index contributed by atoms with van der Waals surface area (Å²) in [7, 11) is 0. The fraction of sp³-hybridized carbons (Fsp3) is 0.500. The molecular weight excluding hydrogens is 366 g/mol. The van der Waals surface area contributed by atoms with E-state index in [4.69, 9.17) is 4.74 Å². The SMILES string of the molecule is C/C=C(\C)N1c2ccc(C(C)(CC)CC)cc2Oc2cc(C(C)(CC)CC)ccc21. The molecule has 0 aromatic heterocycles. The zero-order chi connectivity index (χ0) is 22.1. The van der Waals surface area contributed by atoms with Crippen molar-refractivity contribution in [3.63, 3.8) is 0 Å². The van der Waals surface area contributed by atoms with Gasteiger partial charge in [-0.1, -0.05) is 59.8 Å². The summed E-state index contributed by atoms with van der Waals surface area (Å²) in [6.07, 6.45) is 6.64. The summed E-state index contributed by atoms with van der Waals surface area (Å²) in [5.41, 5.74) is 6.51. The maximum absolute atomic E-state index is 6.58. The number of anilines is 2. The highest BCUT2D eigenvalue weighted by Gasteiger charge is 2.31. The Balaban J connectivity index is 2.17. The lowest BCUT2D eigenvalue weighted by atomic mass is 9.77. The quantitative estimate of drug-likeness (QED) is 0.455. The van der Waals surface area contributed by atoms with E-state index in [2.05, 4.69) is 103 Å². The molecule has 0 unspecified atom stereocenters. The molecule has 2 aromatic rings. The van der Waals surface area contributed by atoms with E-state index in [1.54, 1.807) is 0 Å². The second-order valence-corrected chi connectivity index (χ2v) is 9.27. The number of allylic oxidation sites excluding steroid dienone is 2. The Morgan fingerprint density at radius 2 is 1.20 bits per heavy atom. The topological polar surface area (TPSA) is 12.5 Å². The van der Waals surface area contributed by atoms with Gasteiger partial charge in [-0.15, -0.1) is 0 Å². The first-order valence-electron chi connectivity index (χ1n) is 11.7. The summed E-state index contributed by atoms with van der Waals surface area (Å²) in [4.78, 5) is 2.34. The number of hydrogen-bond acceptors (Lipinski definition) is 2. The Bertz CT molecular complexity index is 864. The van der Waals surface area contributed by atoms with Crippen molar-refractivity contribution < 1.29 is 4.74 Å². The fourth-order valence-electron chi connectivity index (χ4n) is 4.39. The van der Waals surface area contributed by atoms with Gasteiger partial charge in [0, 0.05) is 5.70 Å². The van der Waals surface area contributed by atoms with Crippen LogP contribution in [0.3, 0.4) is 0 Å². The van der Waals surface area contributed by atoms with Crippen LogP contribution in [0, 0.1) is 0 Å². The predicted octanol–water partition coefficient (Wildman–Crippen LogP) is 9.01. The number of rotatable bonds is 7. The first-order chi connectivity index (χ1) is 14.3. The van der Waals surface area contributed by atoms with Crippen molar-refractivity contribution in [1.29, 1.82) is 0 Å². The average Bonchev–Trinajstić information content (AvgIpc) is 2.80. The van der Waals surface area contributed by atoms with Crippen molar-refractivity contribution in [2.75, 3.05) is 4.90 Å². The van der Waals surface area contributed by atoms with Gasteiger partial charge in [-0.2, -0.15) is 0 Å². The Morgan fingerprint density at radius 3 is 1.53 bits per heavy atom. The van der Waals surface area contributed by atoms with E-state index in [9.17, 15) is 0 Å². The molecule has 1 aliphatic heterocycles. The van der Waals surface area contributed by atoms with Crippen LogP contribution in [0.5, 0.6) is 11.5 Å². The second kappa shape index (κ2) is 8.49. The molecule has 0 fully saturated rings. The summed E-state index contributed by atoms with van der Waals surface area (Å²) in [6, 6.07) is 13.6. The maximum Gasteiger partial charge on any atom is 0.151 e. The van der Waals surface area contributed by atoms with Crippen LogP contribution in [0.1, 0.15) is 92.2 Å². The molecule has 0 aliphatic carbocycles. The van der Waals surface area contributed by atoms with Crippen molar-refractivity contribution in [2.45, 2.75) is 91.9 Å². The van der Waals surface area contributed by atoms with E-state index < -0.39 is 0 Å².